The van der Waals surface area contributed by atoms with E-state index in [0.717, 1.165) is 14.7 Å². The highest BCUT2D eigenvalue weighted by Gasteiger charge is 2.24. The number of aliphatic imine (C=N–C) groups is 1. The predicted octanol–water partition coefficient (Wildman–Crippen LogP) is 5.78. The molecule has 2 aromatic rings. The molecule has 0 saturated heterocycles. The fourth-order valence-corrected chi connectivity index (χ4v) is 4.13. The minimum atomic E-state index is -0.514. The van der Waals surface area contributed by atoms with Gasteiger partial charge in [0.15, 0.2) is 11.4 Å². The number of carbonyl (C=O) groups excluding carboxylic acids is 2. The topological polar surface area (TPSA) is 65.0 Å². The standard InChI is InChI=1S/C20H14Br2INO4/c1-3-17(25)27-18-13(21)7-11(8-14(18)22)9-16-20(26)28-19(24-16)12-4-5-15(23)10(2)6-12/h4-9H,3H2,1-2H3/b16-9-. The van der Waals surface area contributed by atoms with Gasteiger partial charge in [-0.05, 0) is 109 Å². The van der Waals surface area contributed by atoms with E-state index in [4.69, 9.17) is 9.47 Å². The lowest BCUT2D eigenvalue weighted by molar-refractivity contribution is -0.134. The highest BCUT2D eigenvalue weighted by atomic mass is 127. The Morgan fingerprint density at radius 2 is 1.93 bits per heavy atom. The third kappa shape index (κ3) is 4.72. The Kier molecular flexibility index (Phi) is 6.72. The minimum absolute atomic E-state index is 0.198. The average molecular weight is 619 g/mol. The highest BCUT2D eigenvalue weighted by molar-refractivity contribution is 14.1. The van der Waals surface area contributed by atoms with Crippen LogP contribution in [-0.4, -0.2) is 17.8 Å². The number of aryl methyl sites for hydroxylation is 1. The van der Waals surface area contributed by atoms with Crippen LogP contribution in [-0.2, 0) is 14.3 Å². The van der Waals surface area contributed by atoms with Gasteiger partial charge in [0.25, 0.3) is 0 Å². The van der Waals surface area contributed by atoms with Crippen molar-refractivity contribution in [1.82, 2.24) is 0 Å². The molecule has 0 amide bonds. The largest absolute Gasteiger partial charge is 0.424 e. The lowest BCUT2D eigenvalue weighted by Crippen LogP contribution is -2.06. The van der Waals surface area contributed by atoms with Crippen LogP contribution in [0.3, 0.4) is 0 Å². The maximum absolute atomic E-state index is 12.2. The monoisotopic (exact) mass is 617 g/mol. The Bertz CT molecular complexity index is 1020. The molecule has 0 bridgehead atoms. The first-order valence-electron chi connectivity index (χ1n) is 8.27. The summed E-state index contributed by atoms with van der Waals surface area (Å²) in [4.78, 5) is 28.1. The van der Waals surface area contributed by atoms with Crippen LogP contribution in [0, 0.1) is 10.5 Å². The zero-order valence-corrected chi connectivity index (χ0v) is 20.2. The van der Waals surface area contributed by atoms with Gasteiger partial charge < -0.3 is 9.47 Å². The number of halogens is 3. The van der Waals surface area contributed by atoms with Gasteiger partial charge in [-0.1, -0.05) is 6.92 Å². The summed E-state index contributed by atoms with van der Waals surface area (Å²) in [5.41, 5.74) is 2.73. The quantitative estimate of drug-likeness (QED) is 0.189. The number of cyclic esters (lactones) is 1. The van der Waals surface area contributed by atoms with Crippen molar-refractivity contribution < 1.29 is 19.1 Å². The summed E-state index contributed by atoms with van der Waals surface area (Å²) in [6.45, 7) is 3.71. The van der Waals surface area contributed by atoms with E-state index in [9.17, 15) is 9.59 Å². The first-order valence-corrected chi connectivity index (χ1v) is 10.9. The molecule has 0 atom stereocenters. The molecule has 144 valence electrons. The smallest absolute Gasteiger partial charge is 0.363 e. The highest BCUT2D eigenvalue weighted by Crippen LogP contribution is 2.36. The second kappa shape index (κ2) is 8.87. The molecule has 5 nitrogen and oxygen atoms in total. The van der Waals surface area contributed by atoms with Gasteiger partial charge in [0.1, 0.15) is 0 Å². The zero-order valence-electron chi connectivity index (χ0n) is 14.9. The summed E-state index contributed by atoms with van der Waals surface area (Å²) >= 11 is 9.03. The fourth-order valence-electron chi connectivity index (χ4n) is 2.41. The summed E-state index contributed by atoms with van der Waals surface area (Å²) in [6.07, 6.45) is 1.89. The molecule has 0 aromatic heterocycles. The predicted molar refractivity (Wildman–Crippen MR) is 122 cm³/mol. The number of ether oxygens (including phenoxy) is 2. The number of rotatable bonds is 4. The van der Waals surface area contributed by atoms with E-state index in [0.29, 0.717) is 20.3 Å². The van der Waals surface area contributed by atoms with E-state index in [2.05, 4.69) is 59.4 Å². The fraction of sp³-hybridized carbons (Fsp3) is 0.150. The molecular weight excluding hydrogens is 605 g/mol. The molecule has 0 fully saturated rings. The van der Waals surface area contributed by atoms with Gasteiger partial charge in [-0.2, -0.15) is 0 Å². The van der Waals surface area contributed by atoms with Crippen LogP contribution in [0.4, 0.5) is 0 Å². The number of benzene rings is 2. The normalized spacial score (nSPS) is 14.8. The summed E-state index contributed by atoms with van der Waals surface area (Å²) in [7, 11) is 0. The van der Waals surface area contributed by atoms with Gasteiger partial charge in [-0.25, -0.2) is 9.79 Å². The van der Waals surface area contributed by atoms with Crippen LogP contribution in [0.25, 0.3) is 6.08 Å². The van der Waals surface area contributed by atoms with Crippen molar-refractivity contribution in [3.8, 4) is 5.75 Å². The zero-order chi connectivity index (χ0) is 20.4. The maximum Gasteiger partial charge on any atom is 0.363 e. The van der Waals surface area contributed by atoms with Gasteiger partial charge in [0, 0.05) is 15.6 Å². The molecule has 0 unspecified atom stereocenters. The third-order valence-corrected chi connectivity index (χ3v) is 6.24. The van der Waals surface area contributed by atoms with Crippen LogP contribution >= 0.6 is 54.5 Å². The second-order valence-corrected chi connectivity index (χ2v) is 8.81. The molecule has 0 spiro atoms. The van der Waals surface area contributed by atoms with Crippen LogP contribution < -0.4 is 4.74 Å². The van der Waals surface area contributed by atoms with Crippen molar-refractivity contribution in [2.75, 3.05) is 0 Å². The van der Waals surface area contributed by atoms with Gasteiger partial charge in [-0.3, -0.25) is 4.79 Å². The molecule has 0 saturated carbocycles. The Hall–Kier alpha value is -1.52. The Morgan fingerprint density at radius 3 is 2.54 bits per heavy atom. The number of carbonyl (C=O) groups is 2. The van der Waals surface area contributed by atoms with Gasteiger partial charge in [0.05, 0.1) is 8.95 Å². The van der Waals surface area contributed by atoms with E-state index >= 15 is 0 Å². The summed E-state index contributed by atoms with van der Waals surface area (Å²) in [5.74, 6) is -0.183. The van der Waals surface area contributed by atoms with E-state index < -0.39 is 5.97 Å². The number of hydrogen-bond acceptors (Lipinski definition) is 5. The molecule has 1 aliphatic rings. The van der Waals surface area contributed by atoms with Crippen molar-refractivity contribution in [1.29, 1.82) is 0 Å². The van der Waals surface area contributed by atoms with Crippen LogP contribution in [0.15, 0.2) is 50.0 Å². The SMILES string of the molecule is CCC(=O)Oc1c(Br)cc(/C=C2\N=C(c3ccc(I)c(C)c3)OC2=O)cc1Br. The lowest BCUT2D eigenvalue weighted by atomic mass is 10.1. The van der Waals surface area contributed by atoms with Crippen LogP contribution in [0.5, 0.6) is 5.75 Å². The molecular formula is C20H14Br2INO4. The average Bonchev–Trinajstić information content (AvgIpc) is 3.00. The van der Waals surface area contributed by atoms with Crippen LogP contribution in [0.2, 0.25) is 0 Å². The Balaban J connectivity index is 1.92. The molecule has 0 aliphatic carbocycles. The molecule has 0 radical (unpaired) electrons. The van der Waals surface area contributed by atoms with E-state index in [1.54, 1.807) is 25.1 Å². The second-order valence-electron chi connectivity index (χ2n) is 5.94. The summed E-state index contributed by atoms with van der Waals surface area (Å²) in [6, 6.07) is 9.24. The van der Waals surface area contributed by atoms with Crippen molar-refractivity contribution in [2.24, 2.45) is 4.99 Å². The van der Waals surface area contributed by atoms with E-state index in [-0.39, 0.29) is 24.0 Å². The maximum atomic E-state index is 12.2. The molecule has 2 aromatic carbocycles. The number of hydrogen-bond donors (Lipinski definition) is 0. The van der Waals surface area contributed by atoms with Crippen molar-refractivity contribution in [3.63, 3.8) is 0 Å². The molecule has 1 heterocycles. The molecule has 1 aliphatic heterocycles. The molecule has 8 heteroatoms. The van der Waals surface area contributed by atoms with E-state index in [1.165, 1.54) is 0 Å². The number of nitrogens with zero attached hydrogens (tertiary/aromatic N) is 1. The summed E-state index contributed by atoms with van der Waals surface area (Å²) in [5, 5.41) is 0. The Labute approximate surface area is 192 Å². The first-order chi connectivity index (χ1) is 13.3. The van der Waals surface area contributed by atoms with E-state index in [1.807, 2.05) is 25.1 Å². The number of esters is 2. The van der Waals surface area contributed by atoms with Crippen molar-refractivity contribution in [3.05, 3.63) is 65.2 Å². The minimum Gasteiger partial charge on any atom is -0.424 e. The Morgan fingerprint density at radius 1 is 1.25 bits per heavy atom. The first kappa shape index (κ1) is 21.2. The molecule has 0 N–H and O–H groups in total. The summed E-state index contributed by atoms with van der Waals surface area (Å²) < 4.78 is 12.9. The van der Waals surface area contributed by atoms with Gasteiger partial charge in [0.2, 0.25) is 5.90 Å². The third-order valence-electron chi connectivity index (χ3n) is 3.85. The van der Waals surface area contributed by atoms with Crippen LogP contribution in [0.1, 0.15) is 30.0 Å². The van der Waals surface area contributed by atoms with Crippen molar-refractivity contribution >= 4 is 78.4 Å². The van der Waals surface area contributed by atoms with Gasteiger partial charge in [-0.15, -0.1) is 0 Å². The molecule has 3 rings (SSSR count). The molecule has 28 heavy (non-hydrogen) atoms. The lowest BCUT2D eigenvalue weighted by Gasteiger charge is -2.09. The van der Waals surface area contributed by atoms with Crippen molar-refractivity contribution in [2.45, 2.75) is 20.3 Å². The van der Waals surface area contributed by atoms with Gasteiger partial charge >= 0.3 is 11.9 Å².